The summed E-state index contributed by atoms with van der Waals surface area (Å²) in [7, 11) is 1.58. The summed E-state index contributed by atoms with van der Waals surface area (Å²) >= 11 is 0. The van der Waals surface area contributed by atoms with E-state index in [0.717, 1.165) is 0 Å². The molecule has 0 aliphatic rings. The Bertz CT molecular complexity index is 376. The molecular formula is C9H11NO3. The molecule has 0 aliphatic carbocycles. The third kappa shape index (κ3) is 1.47. The van der Waals surface area contributed by atoms with Crippen molar-refractivity contribution in [3.05, 3.63) is 23.0 Å². The summed E-state index contributed by atoms with van der Waals surface area (Å²) in [4.78, 5) is 21.8. The summed E-state index contributed by atoms with van der Waals surface area (Å²) in [5.74, 6) is -1.13. The highest BCUT2D eigenvalue weighted by Crippen LogP contribution is 2.14. The van der Waals surface area contributed by atoms with Crippen LogP contribution in [0.3, 0.4) is 0 Å². The third-order valence-electron chi connectivity index (χ3n) is 1.98. The van der Waals surface area contributed by atoms with E-state index in [1.165, 1.54) is 17.6 Å². The number of aromatic carboxylic acids is 1. The Labute approximate surface area is 75.8 Å². The number of nitrogens with zero attached hydrogens (tertiary/aromatic N) is 1. The first-order valence-electron chi connectivity index (χ1n) is 3.85. The molecule has 4 nitrogen and oxygen atoms in total. The molecule has 1 N–H and O–H groups in total. The number of hydrogen-bond acceptors (Lipinski definition) is 2. The van der Waals surface area contributed by atoms with Crippen LogP contribution in [0.1, 0.15) is 33.5 Å². The number of hydrogen-bond donors (Lipinski definition) is 1. The van der Waals surface area contributed by atoms with Crippen LogP contribution in [0.5, 0.6) is 0 Å². The van der Waals surface area contributed by atoms with Crippen LogP contribution in [0.4, 0.5) is 0 Å². The second-order valence-corrected chi connectivity index (χ2v) is 2.98. The number of aryl methyl sites for hydroxylation is 1. The number of ketones is 1. The zero-order chi connectivity index (χ0) is 10.2. The maximum atomic E-state index is 11.1. The molecule has 0 unspecified atom stereocenters. The van der Waals surface area contributed by atoms with E-state index in [4.69, 9.17) is 5.11 Å². The maximum Gasteiger partial charge on any atom is 0.352 e. The lowest BCUT2D eigenvalue weighted by atomic mass is 10.2. The van der Waals surface area contributed by atoms with Gasteiger partial charge in [0.2, 0.25) is 0 Å². The van der Waals surface area contributed by atoms with Crippen molar-refractivity contribution >= 4 is 11.8 Å². The van der Waals surface area contributed by atoms with Gasteiger partial charge >= 0.3 is 5.97 Å². The topological polar surface area (TPSA) is 59.3 Å². The predicted octanol–water partition coefficient (Wildman–Crippen LogP) is 1.23. The molecule has 0 bridgehead atoms. The highest BCUT2D eigenvalue weighted by Gasteiger charge is 2.16. The van der Waals surface area contributed by atoms with Gasteiger partial charge in [0.25, 0.3) is 0 Å². The molecular weight excluding hydrogens is 170 g/mol. The number of aromatic nitrogens is 1. The first kappa shape index (κ1) is 9.51. The summed E-state index contributed by atoms with van der Waals surface area (Å²) < 4.78 is 1.40. The minimum Gasteiger partial charge on any atom is -0.477 e. The predicted molar refractivity (Wildman–Crippen MR) is 47.1 cm³/mol. The van der Waals surface area contributed by atoms with Gasteiger partial charge in [-0.25, -0.2) is 4.79 Å². The average Bonchev–Trinajstić information content (AvgIpc) is 2.26. The second-order valence-electron chi connectivity index (χ2n) is 2.98. The van der Waals surface area contributed by atoms with Crippen LogP contribution in [0.25, 0.3) is 0 Å². The molecule has 0 amide bonds. The van der Waals surface area contributed by atoms with Gasteiger partial charge in [-0.2, -0.15) is 0 Å². The normalized spacial score (nSPS) is 10.1. The lowest BCUT2D eigenvalue weighted by molar-refractivity contribution is 0.0686. The number of carboxylic acid groups (broad SMARTS) is 1. The van der Waals surface area contributed by atoms with E-state index < -0.39 is 5.97 Å². The molecule has 13 heavy (non-hydrogen) atoms. The van der Waals surface area contributed by atoms with Crippen molar-refractivity contribution in [2.75, 3.05) is 0 Å². The van der Waals surface area contributed by atoms with E-state index >= 15 is 0 Å². The zero-order valence-electron chi connectivity index (χ0n) is 7.79. The van der Waals surface area contributed by atoms with Crippen LogP contribution < -0.4 is 0 Å². The molecule has 0 fully saturated rings. The van der Waals surface area contributed by atoms with Gasteiger partial charge in [0.1, 0.15) is 5.69 Å². The molecule has 1 heterocycles. The van der Waals surface area contributed by atoms with E-state index in [2.05, 4.69) is 0 Å². The van der Waals surface area contributed by atoms with Gasteiger partial charge in [0.05, 0.1) is 5.69 Å². The number of carbonyl (C=O) groups is 2. The SMILES string of the molecule is CC(=O)c1c(C)cc(C(=O)O)n1C. The van der Waals surface area contributed by atoms with Crippen molar-refractivity contribution in [2.24, 2.45) is 7.05 Å². The monoisotopic (exact) mass is 181 g/mol. The highest BCUT2D eigenvalue weighted by atomic mass is 16.4. The molecule has 4 heteroatoms. The molecule has 1 aromatic rings. The summed E-state index contributed by atoms with van der Waals surface area (Å²) in [6.07, 6.45) is 0. The number of Topliss-reactive ketones (excluding diaryl/α,β-unsaturated/α-hetero) is 1. The molecule has 0 saturated carbocycles. The van der Waals surface area contributed by atoms with Gasteiger partial charge < -0.3 is 9.67 Å². The van der Waals surface area contributed by atoms with Crippen LogP contribution in [0.15, 0.2) is 6.07 Å². The van der Waals surface area contributed by atoms with E-state index in [-0.39, 0.29) is 11.5 Å². The Balaban J connectivity index is 3.39. The van der Waals surface area contributed by atoms with Gasteiger partial charge in [-0.05, 0) is 18.6 Å². The Morgan fingerprint density at radius 2 is 2.00 bits per heavy atom. The van der Waals surface area contributed by atoms with E-state index in [1.54, 1.807) is 14.0 Å². The van der Waals surface area contributed by atoms with Crippen molar-refractivity contribution in [1.29, 1.82) is 0 Å². The largest absolute Gasteiger partial charge is 0.477 e. The first-order valence-corrected chi connectivity index (χ1v) is 3.85. The molecule has 0 saturated heterocycles. The molecule has 1 rings (SSSR count). The van der Waals surface area contributed by atoms with Crippen LogP contribution in [0, 0.1) is 6.92 Å². The van der Waals surface area contributed by atoms with Gasteiger partial charge in [-0.1, -0.05) is 0 Å². The Kier molecular flexibility index (Phi) is 2.23. The van der Waals surface area contributed by atoms with Crippen LogP contribution in [0.2, 0.25) is 0 Å². The van der Waals surface area contributed by atoms with Crippen molar-refractivity contribution in [3.8, 4) is 0 Å². The van der Waals surface area contributed by atoms with Crippen LogP contribution in [-0.2, 0) is 7.05 Å². The van der Waals surface area contributed by atoms with Gasteiger partial charge in [-0.15, -0.1) is 0 Å². The van der Waals surface area contributed by atoms with E-state index in [0.29, 0.717) is 11.3 Å². The zero-order valence-corrected chi connectivity index (χ0v) is 7.79. The summed E-state index contributed by atoms with van der Waals surface area (Å²) in [6, 6.07) is 1.50. The fourth-order valence-corrected chi connectivity index (χ4v) is 1.47. The average molecular weight is 181 g/mol. The fourth-order valence-electron chi connectivity index (χ4n) is 1.47. The molecule has 0 aliphatic heterocycles. The molecule has 0 radical (unpaired) electrons. The Hall–Kier alpha value is -1.58. The van der Waals surface area contributed by atoms with Crippen molar-refractivity contribution in [1.82, 2.24) is 4.57 Å². The Morgan fingerprint density at radius 3 is 2.23 bits per heavy atom. The lowest BCUT2D eigenvalue weighted by Crippen LogP contribution is -2.09. The molecule has 0 atom stereocenters. The molecule has 0 spiro atoms. The lowest BCUT2D eigenvalue weighted by Gasteiger charge is -2.01. The highest BCUT2D eigenvalue weighted by molar-refractivity contribution is 5.97. The van der Waals surface area contributed by atoms with Crippen molar-refractivity contribution in [2.45, 2.75) is 13.8 Å². The third-order valence-corrected chi connectivity index (χ3v) is 1.98. The number of carboxylic acids is 1. The molecule has 0 aromatic carbocycles. The van der Waals surface area contributed by atoms with Gasteiger partial charge in [-0.3, -0.25) is 4.79 Å². The van der Waals surface area contributed by atoms with E-state index in [1.807, 2.05) is 0 Å². The first-order chi connectivity index (χ1) is 5.95. The van der Waals surface area contributed by atoms with Gasteiger partial charge in [0.15, 0.2) is 5.78 Å². The summed E-state index contributed by atoms with van der Waals surface area (Å²) in [6.45, 7) is 3.15. The summed E-state index contributed by atoms with van der Waals surface area (Å²) in [5, 5.41) is 8.75. The maximum absolute atomic E-state index is 11.1. The minimum absolute atomic E-state index is 0.118. The van der Waals surface area contributed by atoms with Crippen molar-refractivity contribution < 1.29 is 14.7 Å². The van der Waals surface area contributed by atoms with E-state index in [9.17, 15) is 9.59 Å². The smallest absolute Gasteiger partial charge is 0.352 e. The molecule has 70 valence electrons. The van der Waals surface area contributed by atoms with Crippen LogP contribution in [-0.4, -0.2) is 21.4 Å². The quantitative estimate of drug-likeness (QED) is 0.698. The van der Waals surface area contributed by atoms with Crippen LogP contribution >= 0.6 is 0 Å². The standard InChI is InChI=1S/C9H11NO3/c1-5-4-7(9(12)13)10(3)8(5)6(2)11/h4H,1-3H3,(H,12,13). The minimum atomic E-state index is -1.02. The number of carbonyl (C=O) groups excluding carboxylic acids is 1. The molecule has 1 aromatic heterocycles. The van der Waals surface area contributed by atoms with Crippen molar-refractivity contribution in [3.63, 3.8) is 0 Å². The summed E-state index contributed by atoms with van der Waals surface area (Å²) in [5.41, 5.74) is 1.30. The second kappa shape index (κ2) is 3.05. The fraction of sp³-hybridized carbons (Fsp3) is 0.333. The number of rotatable bonds is 2. The Morgan fingerprint density at radius 1 is 1.46 bits per heavy atom. The van der Waals surface area contributed by atoms with Gasteiger partial charge in [0, 0.05) is 14.0 Å².